The predicted molar refractivity (Wildman–Crippen MR) is 128 cm³/mol. The fraction of sp³-hybridized carbons (Fsp3) is 0.240. The highest BCUT2D eigenvalue weighted by Gasteiger charge is 2.25. The van der Waals surface area contributed by atoms with Crippen LogP contribution in [0.15, 0.2) is 70.6 Å². The van der Waals surface area contributed by atoms with E-state index in [-0.39, 0.29) is 17.1 Å². The summed E-state index contributed by atoms with van der Waals surface area (Å²) < 4.78 is 1.68. The molecule has 1 atom stereocenters. The van der Waals surface area contributed by atoms with Gasteiger partial charge in [0.25, 0.3) is 5.56 Å². The molecule has 0 bridgehead atoms. The van der Waals surface area contributed by atoms with Gasteiger partial charge in [-0.2, -0.15) is 0 Å². The first-order valence-electron chi connectivity index (χ1n) is 10.5. The first kappa shape index (κ1) is 20.2. The molecule has 0 saturated heterocycles. The van der Waals surface area contributed by atoms with Gasteiger partial charge in [0.15, 0.2) is 10.9 Å². The predicted octanol–water partition coefficient (Wildman–Crippen LogP) is 5.55. The Morgan fingerprint density at radius 1 is 1.13 bits per heavy atom. The number of Topliss-reactive ketones (excluding diaryl/α,β-unsaturated/α-hetero) is 1. The second-order valence-electron chi connectivity index (χ2n) is 7.98. The van der Waals surface area contributed by atoms with Gasteiger partial charge in [-0.05, 0) is 42.9 Å². The maximum Gasteiger partial charge on any atom is 0.267 e. The van der Waals surface area contributed by atoms with Gasteiger partial charge in [0, 0.05) is 10.4 Å². The number of hydrogen-bond donors (Lipinski definition) is 0. The number of thiophene rings is 1. The van der Waals surface area contributed by atoms with Crippen molar-refractivity contribution < 1.29 is 4.79 Å². The number of benzene rings is 2. The molecule has 6 heteroatoms. The van der Waals surface area contributed by atoms with Crippen molar-refractivity contribution in [2.75, 3.05) is 5.75 Å². The number of para-hydroxylation sites is 1. The van der Waals surface area contributed by atoms with Crippen LogP contribution < -0.4 is 5.56 Å². The van der Waals surface area contributed by atoms with E-state index in [4.69, 9.17) is 4.98 Å². The van der Waals surface area contributed by atoms with Crippen LogP contribution in [-0.2, 0) is 12.8 Å². The lowest BCUT2D eigenvalue weighted by Gasteiger charge is -2.17. The molecule has 0 N–H and O–H groups in total. The van der Waals surface area contributed by atoms with Gasteiger partial charge in [0.05, 0.1) is 16.8 Å². The fourth-order valence-electron chi connectivity index (χ4n) is 4.11. The van der Waals surface area contributed by atoms with Gasteiger partial charge in [-0.1, -0.05) is 67.2 Å². The second kappa shape index (κ2) is 8.44. The Labute approximate surface area is 189 Å². The van der Waals surface area contributed by atoms with Crippen LogP contribution in [0.1, 0.15) is 34.1 Å². The summed E-state index contributed by atoms with van der Waals surface area (Å²) in [6.07, 6.45) is 3.04. The fourth-order valence-corrected chi connectivity index (χ4v) is 6.44. The van der Waals surface area contributed by atoms with Gasteiger partial charge in [-0.25, -0.2) is 4.98 Å². The van der Waals surface area contributed by atoms with E-state index in [1.807, 2.05) is 60.7 Å². The van der Waals surface area contributed by atoms with Gasteiger partial charge in [0.2, 0.25) is 0 Å². The highest BCUT2D eigenvalue weighted by molar-refractivity contribution is 7.99. The van der Waals surface area contributed by atoms with Gasteiger partial charge >= 0.3 is 0 Å². The van der Waals surface area contributed by atoms with Crippen LogP contribution in [0.5, 0.6) is 0 Å². The third-order valence-corrected chi connectivity index (χ3v) is 7.83. The number of aryl methyl sites for hydroxylation is 1. The molecule has 0 aliphatic heterocycles. The largest absolute Gasteiger partial charge is 0.293 e. The van der Waals surface area contributed by atoms with Crippen LogP contribution in [0, 0.1) is 5.92 Å². The Bertz CT molecular complexity index is 1310. The smallest absolute Gasteiger partial charge is 0.267 e. The maximum atomic E-state index is 13.7. The lowest BCUT2D eigenvalue weighted by molar-refractivity contribution is 0.102. The van der Waals surface area contributed by atoms with Crippen molar-refractivity contribution in [3.8, 4) is 5.69 Å². The molecule has 1 aliphatic carbocycles. The number of hydrogen-bond acceptors (Lipinski definition) is 5. The maximum absolute atomic E-state index is 13.7. The van der Waals surface area contributed by atoms with E-state index in [2.05, 4.69) is 6.92 Å². The van der Waals surface area contributed by atoms with E-state index in [1.54, 1.807) is 15.9 Å². The molecule has 0 radical (unpaired) electrons. The standard InChI is InChI=1S/C25H22N2O2S2/c1-16-12-13-19-21(14-16)31-23-22(19)24(29)27(18-10-6-3-7-11-18)25(26-23)30-15-20(28)17-8-4-2-5-9-17/h2-11,16H,12-15H2,1H3/t16-/m1/s1. The van der Waals surface area contributed by atoms with Crippen LogP contribution >= 0.6 is 23.1 Å². The Morgan fingerprint density at radius 2 is 1.84 bits per heavy atom. The molecular weight excluding hydrogens is 424 g/mol. The number of ketones is 1. The Hall–Kier alpha value is -2.70. The van der Waals surface area contributed by atoms with Gasteiger partial charge in [-0.15, -0.1) is 11.3 Å². The summed E-state index contributed by atoms with van der Waals surface area (Å²) in [4.78, 5) is 33.4. The molecule has 0 spiro atoms. The lowest BCUT2D eigenvalue weighted by atomic mass is 9.89. The normalized spacial score (nSPS) is 15.7. The summed E-state index contributed by atoms with van der Waals surface area (Å²) in [6.45, 7) is 2.26. The van der Waals surface area contributed by atoms with E-state index >= 15 is 0 Å². The van der Waals surface area contributed by atoms with Crippen LogP contribution in [0.25, 0.3) is 15.9 Å². The SMILES string of the molecule is C[C@@H]1CCc2c(sc3nc(SCC(=O)c4ccccc4)n(-c4ccccc4)c(=O)c23)C1. The molecule has 5 rings (SSSR count). The topological polar surface area (TPSA) is 52.0 Å². The summed E-state index contributed by atoms with van der Waals surface area (Å²) in [7, 11) is 0. The molecule has 156 valence electrons. The molecule has 2 aromatic carbocycles. The molecule has 31 heavy (non-hydrogen) atoms. The van der Waals surface area contributed by atoms with Crippen molar-refractivity contribution in [2.24, 2.45) is 5.92 Å². The first-order chi connectivity index (χ1) is 15.1. The van der Waals surface area contributed by atoms with Crippen LogP contribution in [0.4, 0.5) is 0 Å². The van der Waals surface area contributed by atoms with Crippen LogP contribution in [-0.4, -0.2) is 21.1 Å². The number of thioether (sulfide) groups is 1. The molecule has 0 fully saturated rings. The van der Waals surface area contributed by atoms with Crippen molar-refractivity contribution >= 4 is 39.1 Å². The number of aromatic nitrogens is 2. The minimum absolute atomic E-state index is 0.0267. The van der Waals surface area contributed by atoms with Gasteiger partial charge in [-0.3, -0.25) is 14.2 Å². The summed E-state index contributed by atoms with van der Waals surface area (Å²) in [6, 6.07) is 18.8. The zero-order valence-corrected chi connectivity index (χ0v) is 18.8. The number of carbonyl (C=O) groups is 1. The summed E-state index contributed by atoms with van der Waals surface area (Å²) in [5, 5.41) is 1.33. The van der Waals surface area contributed by atoms with E-state index in [9.17, 15) is 9.59 Å². The van der Waals surface area contributed by atoms with Crippen molar-refractivity contribution in [2.45, 2.75) is 31.3 Å². The molecule has 2 heterocycles. The first-order valence-corrected chi connectivity index (χ1v) is 12.3. The van der Waals surface area contributed by atoms with Crippen molar-refractivity contribution in [3.05, 3.63) is 87.0 Å². The van der Waals surface area contributed by atoms with Crippen molar-refractivity contribution in [1.29, 1.82) is 0 Å². The van der Waals surface area contributed by atoms with Crippen LogP contribution in [0.3, 0.4) is 0 Å². The quantitative estimate of drug-likeness (QED) is 0.229. The molecular formula is C25H22N2O2S2. The number of rotatable bonds is 5. The Balaban J connectivity index is 1.61. The molecule has 0 saturated carbocycles. The lowest BCUT2D eigenvalue weighted by Crippen LogP contribution is -2.23. The average molecular weight is 447 g/mol. The second-order valence-corrected chi connectivity index (χ2v) is 10.0. The van der Waals surface area contributed by atoms with E-state index < -0.39 is 0 Å². The minimum Gasteiger partial charge on any atom is -0.293 e. The number of nitrogens with zero attached hydrogens (tertiary/aromatic N) is 2. The molecule has 1 aliphatic rings. The van der Waals surface area contributed by atoms with Gasteiger partial charge < -0.3 is 0 Å². The Morgan fingerprint density at radius 3 is 2.58 bits per heavy atom. The molecule has 0 amide bonds. The third-order valence-electron chi connectivity index (χ3n) is 5.74. The zero-order chi connectivity index (χ0) is 21.4. The van der Waals surface area contributed by atoms with Gasteiger partial charge in [0.1, 0.15) is 4.83 Å². The minimum atomic E-state index is -0.0297. The summed E-state index contributed by atoms with van der Waals surface area (Å²) in [5.41, 5.74) is 2.60. The third kappa shape index (κ3) is 3.86. The summed E-state index contributed by atoms with van der Waals surface area (Å²) >= 11 is 2.97. The molecule has 4 aromatic rings. The number of fused-ring (bicyclic) bond motifs is 3. The highest BCUT2D eigenvalue weighted by Crippen LogP contribution is 2.37. The highest BCUT2D eigenvalue weighted by atomic mass is 32.2. The van der Waals surface area contributed by atoms with E-state index in [0.717, 1.165) is 35.2 Å². The van der Waals surface area contributed by atoms with Crippen LogP contribution in [0.2, 0.25) is 0 Å². The van der Waals surface area contributed by atoms with E-state index in [1.165, 1.54) is 22.2 Å². The van der Waals surface area contributed by atoms with E-state index in [0.29, 0.717) is 16.6 Å². The van der Waals surface area contributed by atoms with Crippen molar-refractivity contribution in [1.82, 2.24) is 9.55 Å². The molecule has 2 aromatic heterocycles. The monoisotopic (exact) mass is 446 g/mol. The van der Waals surface area contributed by atoms with Crippen molar-refractivity contribution in [3.63, 3.8) is 0 Å². The number of carbonyl (C=O) groups excluding carboxylic acids is 1. The Kier molecular flexibility index (Phi) is 5.50. The molecule has 4 nitrogen and oxygen atoms in total. The zero-order valence-electron chi connectivity index (χ0n) is 17.2. The molecule has 0 unspecified atom stereocenters. The average Bonchev–Trinajstić information content (AvgIpc) is 3.16. The summed E-state index contributed by atoms with van der Waals surface area (Å²) in [5.74, 6) is 0.893.